The topological polar surface area (TPSA) is 126 Å². The predicted molar refractivity (Wildman–Crippen MR) is 144 cm³/mol. The van der Waals surface area contributed by atoms with Gasteiger partial charge in [0, 0.05) is 51.7 Å². The molecule has 0 spiro atoms. The van der Waals surface area contributed by atoms with Crippen LogP contribution in [0.15, 0.2) is 24.3 Å². The highest BCUT2D eigenvalue weighted by Crippen LogP contribution is 2.11. The molecule has 0 aliphatic carbocycles. The van der Waals surface area contributed by atoms with Gasteiger partial charge in [0.1, 0.15) is 6.61 Å². The maximum Gasteiger partial charge on any atom is 0.245 e. The number of nitrogens with one attached hydrogen (secondary N) is 4. The molecular formula is C27H46N4O5. The number of aryl methyl sites for hydroxylation is 1. The Bertz CT molecular complexity index is 753. The van der Waals surface area contributed by atoms with Gasteiger partial charge < -0.3 is 26.0 Å². The molecule has 1 aromatic carbocycles. The number of amides is 4. The van der Waals surface area contributed by atoms with Crippen LogP contribution in [-0.4, -0.2) is 56.5 Å². The highest BCUT2D eigenvalue weighted by atomic mass is 16.5. The van der Waals surface area contributed by atoms with Gasteiger partial charge in [-0.05, 0) is 43.9 Å². The van der Waals surface area contributed by atoms with Crippen LogP contribution in [0.1, 0.15) is 78.2 Å². The molecule has 4 N–H and O–H groups in total. The normalized spacial score (nSPS) is 10.0. The van der Waals surface area contributed by atoms with Crippen LogP contribution in [-0.2, 0) is 30.3 Å². The van der Waals surface area contributed by atoms with Crippen molar-refractivity contribution in [2.24, 2.45) is 0 Å². The average molecular weight is 507 g/mol. The van der Waals surface area contributed by atoms with Crippen molar-refractivity contribution in [3.8, 4) is 0 Å². The lowest BCUT2D eigenvalue weighted by molar-refractivity contribution is -0.125. The summed E-state index contributed by atoms with van der Waals surface area (Å²) in [7, 11) is 0. The zero-order valence-electron chi connectivity index (χ0n) is 22.5. The Morgan fingerprint density at radius 1 is 0.722 bits per heavy atom. The van der Waals surface area contributed by atoms with Crippen molar-refractivity contribution in [3.05, 3.63) is 29.8 Å². The van der Waals surface area contributed by atoms with Gasteiger partial charge in [0.05, 0.1) is 0 Å². The largest absolute Gasteiger partial charge is 0.372 e. The molecule has 4 amide bonds. The fraction of sp³-hybridized carbons (Fsp3) is 0.630. The van der Waals surface area contributed by atoms with E-state index in [0.717, 1.165) is 49.9 Å². The molecule has 36 heavy (non-hydrogen) atoms. The van der Waals surface area contributed by atoms with E-state index >= 15 is 0 Å². The van der Waals surface area contributed by atoms with Crippen LogP contribution in [0.2, 0.25) is 0 Å². The lowest BCUT2D eigenvalue weighted by Crippen LogP contribution is -2.31. The number of rotatable bonds is 17. The zero-order valence-corrected chi connectivity index (χ0v) is 22.5. The fourth-order valence-electron chi connectivity index (χ4n) is 2.96. The van der Waals surface area contributed by atoms with Gasteiger partial charge in [-0.3, -0.25) is 19.2 Å². The first-order chi connectivity index (χ1) is 17.3. The number of benzene rings is 1. The molecule has 0 fully saturated rings. The standard InChI is InChI=1S/C19H29N3O3.C8H17NO2/c1-3-4-5-13-20-19(25)12-14-21-18(24)11-8-16-6-9-17(10-7-16)22-15(2)23;1-3-5-6-9-8(10)7-11-4-2/h6-7,9-10H,3-5,8,11-14H2,1-2H3,(H,20,25)(H,21,24)(H,22,23);3-7H2,1-2H3,(H,9,10). The van der Waals surface area contributed by atoms with Crippen LogP contribution in [0, 0.1) is 0 Å². The molecule has 9 heteroatoms. The number of carbonyl (C=O) groups is 4. The molecular weight excluding hydrogens is 460 g/mol. The third-order valence-electron chi connectivity index (χ3n) is 4.98. The highest BCUT2D eigenvalue weighted by molar-refractivity contribution is 5.88. The van der Waals surface area contributed by atoms with Crippen LogP contribution in [0.25, 0.3) is 0 Å². The summed E-state index contributed by atoms with van der Waals surface area (Å²) in [6.07, 6.45) is 6.68. The zero-order chi connectivity index (χ0) is 27.0. The van der Waals surface area contributed by atoms with E-state index in [2.05, 4.69) is 35.1 Å². The van der Waals surface area contributed by atoms with Gasteiger partial charge in [-0.15, -0.1) is 0 Å². The Labute approximate surface area is 216 Å². The first kappa shape index (κ1) is 33.1. The van der Waals surface area contributed by atoms with E-state index in [1.165, 1.54) is 6.92 Å². The van der Waals surface area contributed by atoms with Crippen molar-refractivity contribution in [1.82, 2.24) is 16.0 Å². The van der Waals surface area contributed by atoms with Gasteiger partial charge in [0.2, 0.25) is 23.6 Å². The third kappa shape index (κ3) is 20.4. The summed E-state index contributed by atoms with van der Waals surface area (Å²) in [6.45, 7) is 10.2. The smallest absolute Gasteiger partial charge is 0.245 e. The molecule has 1 aromatic rings. The molecule has 0 aliphatic heterocycles. The number of carbonyl (C=O) groups excluding carboxylic acids is 4. The summed E-state index contributed by atoms with van der Waals surface area (Å²) in [5, 5.41) is 11.1. The molecule has 0 unspecified atom stereocenters. The molecule has 0 heterocycles. The minimum Gasteiger partial charge on any atom is -0.372 e. The molecule has 0 radical (unpaired) electrons. The minimum absolute atomic E-state index is 0.0136. The highest BCUT2D eigenvalue weighted by Gasteiger charge is 2.05. The van der Waals surface area contributed by atoms with E-state index in [9.17, 15) is 19.2 Å². The van der Waals surface area contributed by atoms with E-state index in [4.69, 9.17) is 4.74 Å². The maximum atomic E-state index is 11.8. The quantitative estimate of drug-likeness (QED) is 0.241. The Morgan fingerprint density at radius 3 is 1.92 bits per heavy atom. The first-order valence-corrected chi connectivity index (χ1v) is 13.1. The van der Waals surface area contributed by atoms with E-state index in [0.29, 0.717) is 39.0 Å². The molecule has 9 nitrogen and oxygen atoms in total. The monoisotopic (exact) mass is 506 g/mol. The summed E-state index contributed by atoms with van der Waals surface area (Å²) in [5.41, 5.74) is 1.77. The minimum atomic E-state index is -0.110. The van der Waals surface area contributed by atoms with Crippen LogP contribution in [0.4, 0.5) is 5.69 Å². The Balaban J connectivity index is 0.000000935. The summed E-state index contributed by atoms with van der Waals surface area (Å²) in [6, 6.07) is 7.42. The second kappa shape index (κ2) is 22.5. The van der Waals surface area contributed by atoms with Gasteiger partial charge in [-0.25, -0.2) is 0 Å². The molecule has 1 rings (SSSR count). The molecule has 0 atom stereocenters. The van der Waals surface area contributed by atoms with Gasteiger partial charge in [-0.1, -0.05) is 45.2 Å². The average Bonchev–Trinajstić information content (AvgIpc) is 2.85. The van der Waals surface area contributed by atoms with Crippen LogP contribution in [0.3, 0.4) is 0 Å². The van der Waals surface area contributed by atoms with Crippen LogP contribution < -0.4 is 21.3 Å². The molecule has 204 valence electrons. The van der Waals surface area contributed by atoms with Crippen molar-refractivity contribution in [3.63, 3.8) is 0 Å². The lowest BCUT2D eigenvalue weighted by Gasteiger charge is -2.07. The van der Waals surface area contributed by atoms with E-state index in [-0.39, 0.29) is 30.2 Å². The molecule has 0 aliphatic rings. The van der Waals surface area contributed by atoms with Crippen molar-refractivity contribution in [1.29, 1.82) is 0 Å². The van der Waals surface area contributed by atoms with Crippen LogP contribution in [0.5, 0.6) is 0 Å². The van der Waals surface area contributed by atoms with Gasteiger partial charge >= 0.3 is 0 Å². The number of hydrogen-bond donors (Lipinski definition) is 4. The number of hydrogen-bond acceptors (Lipinski definition) is 5. The molecule has 0 saturated heterocycles. The first-order valence-electron chi connectivity index (χ1n) is 13.1. The van der Waals surface area contributed by atoms with Gasteiger partial charge in [0.15, 0.2) is 0 Å². The number of anilines is 1. The Hall–Kier alpha value is -2.94. The fourth-order valence-corrected chi connectivity index (χ4v) is 2.96. The van der Waals surface area contributed by atoms with Gasteiger partial charge in [-0.2, -0.15) is 0 Å². The van der Waals surface area contributed by atoms with Crippen molar-refractivity contribution in [2.45, 2.75) is 79.1 Å². The van der Waals surface area contributed by atoms with E-state index in [1.54, 1.807) is 0 Å². The summed E-state index contributed by atoms with van der Waals surface area (Å²) >= 11 is 0. The summed E-state index contributed by atoms with van der Waals surface area (Å²) < 4.78 is 4.91. The lowest BCUT2D eigenvalue weighted by atomic mass is 10.1. The molecule has 0 bridgehead atoms. The van der Waals surface area contributed by atoms with Crippen LogP contribution >= 0.6 is 0 Å². The number of unbranched alkanes of at least 4 members (excludes halogenated alkanes) is 3. The Morgan fingerprint density at radius 2 is 1.31 bits per heavy atom. The maximum absolute atomic E-state index is 11.8. The number of ether oxygens (including phenoxy) is 1. The molecule has 0 saturated carbocycles. The molecule has 0 aromatic heterocycles. The van der Waals surface area contributed by atoms with E-state index in [1.807, 2.05) is 31.2 Å². The van der Waals surface area contributed by atoms with Gasteiger partial charge in [0.25, 0.3) is 0 Å². The van der Waals surface area contributed by atoms with Crippen molar-refractivity contribution in [2.75, 3.05) is 38.2 Å². The SMILES string of the molecule is CCCCCNC(=O)CCNC(=O)CCc1ccc(NC(C)=O)cc1.CCCCNC(=O)COCC. The summed E-state index contributed by atoms with van der Waals surface area (Å²) in [4.78, 5) is 45.2. The second-order valence-corrected chi connectivity index (χ2v) is 8.38. The third-order valence-corrected chi connectivity index (χ3v) is 4.98. The Kier molecular flexibility index (Phi) is 20.7. The van der Waals surface area contributed by atoms with E-state index < -0.39 is 0 Å². The predicted octanol–water partition coefficient (Wildman–Crippen LogP) is 3.33. The second-order valence-electron chi connectivity index (χ2n) is 8.38. The van der Waals surface area contributed by atoms with Crippen molar-refractivity contribution < 1.29 is 23.9 Å². The summed E-state index contributed by atoms with van der Waals surface area (Å²) in [5.74, 6) is -0.212. The van der Waals surface area contributed by atoms with Crippen molar-refractivity contribution >= 4 is 29.3 Å².